The van der Waals surface area contributed by atoms with Gasteiger partial charge in [-0.2, -0.15) is 0 Å². The Hall–Kier alpha value is -1.37. The van der Waals surface area contributed by atoms with Crippen LogP contribution in [0.2, 0.25) is 0 Å². The Morgan fingerprint density at radius 2 is 2.12 bits per heavy atom. The lowest BCUT2D eigenvalue weighted by molar-refractivity contribution is -0.105. The number of allylic oxidation sites excluding steroid dienone is 2. The van der Waals surface area contributed by atoms with Gasteiger partial charge in [0.15, 0.2) is 0 Å². The zero-order valence-corrected chi connectivity index (χ0v) is 9.78. The molecule has 0 aromatic heterocycles. The molecule has 1 atom stereocenters. The van der Waals surface area contributed by atoms with Gasteiger partial charge in [-0.3, -0.25) is 4.79 Å². The number of carbonyl (C=O) groups is 1. The van der Waals surface area contributed by atoms with Gasteiger partial charge in [-0.1, -0.05) is 42.8 Å². The molecule has 0 saturated heterocycles. The Labute approximate surface area is 97.2 Å². The highest BCUT2D eigenvalue weighted by molar-refractivity contribution is 5.75. The van der Waals surface area contributed by atoms with Crippen molar-refractivity contribution in [1.29, 1.82) is 0 Å². The lowest BCUT2D eigenvalue weighted by Crippen LogP contribution is -1.99. The summed E-state index contributed by atoms with van der Waals surface area (Å²) in [4.78, 5) is 11.0. The van der Waals surface area contributed by atoms with Crippen molar-refractivity contribution in [3.8, 4) is 0 Å². The van der Waals surface area contributed by atoms with Gasteiger partial charge in [-0.05, 0) is 36.8 Å². The molecule has 16 heavy (non-hydrogen) atoms. The van der Waals surface area contributed by atoms with Crippen LogP contribution in [0.1, 0.15) is 44.1 Å². The number of hydrogen-bond donors (Lipinski definition) is 0. The normalized spacial score (nSPS) is 23.2. The van der Waals surface area contributed by atoms with Crippen molar-refractivity contribution in [1.82, 2.24) is 0 Å². The molecule has 0 N–H and O–H groups in total. The molecule has 1 fully saturated rings. The fourth-order valence-electron chi connectivity index (χ4n) is 2.67. The van der Waals surface area contributed by atoms with Crippen LogP contribution >= 0.6 is 0 Å². The van der Waals surface area contributed by atoms with Crippen LogP contribution in [0.3, 0.4) is 0 Å². The molecule has 0 radical (unpaired) electrons. The lowest BCUT2D eigenvalue weighted by Gasteiger charge is -2.14. The maximum Gasteiger partial charge on any atom is 0.145 e. The van der Waals surface area contributed by atoms with E-state index in [0.717, 1.165) is 24.7 Å². The lowest BCUT2D eigenvalue weighted by atomic mass is 9.90. The second-order valence-electron chi connectivity index (χ2n) is 4.38. The standard InChI is InChI=1S/C15H18O/c1-2-12(11-16)14-9-6-10-15(14)13-7-4-3-5-8-13/h3-5,7-8,11,15H,2,6,9-10H2,1H3/b14-12-. The van der Waals surface area contributed by atoms with Gasteiger partial charge in [0, 0.05) is 5.92 Å². The molecule has 1 saturated carbocycles. The minimum Gasteiger partial charge on any atom is -0.298 e. The third kappa shape index (κ3) is 2.08. The highest BCUT2D eigenvalue weighted by Crippen LogP contribution is 2.40. The summed E-state index contributed by atoms with van der Waals surface area (Å²) in [7, 11) is 0. The molecule has 0 bridgehead atoms. The van der Waals surface area contributed by atoms with Crippen molar-refractivity contribution in [3.63, 3.8) is 0 Å². The predicted octanol–water partition coefficient (Wildman–Crippen LogP) is 3.86. The van der Waals surface area contributed by atoms with Crippen molar-refractivity contribution >= 4 is 6.29 Å². The molecule has 0 spiro atoms. The molecule has 1 aliphatic rings. The van der Waals surface area contributed by atoms with E-state index in [9.17, 15) is 4.79 Å². The van der Waals surface area contributed by atoms with E-state index in [1.807, 2.05) is 6.07 Å². The first-order valence-electron chi connectivity index (χ1n) is 6.08. The van der Waals surface area contributed by atoms with Crippen LogP contribution in [0.25, 0.3) is 0 Å². The number of hydrogen-bond acceptors (Lipinski definition) is 1. The zero-order valence-electron chi connectivity index (χ0n) is 9.78. The summed E-state index contributed by atoms with van der Waals surface area (Å²) in [6.45, 7) is 2.07. The van der Waals surface area contributed by atoms with Crippen LogP contribution in [0.4, 0.5) is 0 Å². The van der Waals surface area contributed by atoms with E-state index in [4.69, 9.17) is 0 Å². The van der Waals surface area contributed by atoms with Crippen LogP contribution in [-0.2, 0) is 4.79 Å². The van der Waals surface area contributed by atoms with E-state index < -0.39 is 0 Å². The van der Waals surface area contributed by atoms with Crippen molar-refractivity contribution in [2.45, 2.75) is 38.5 Å². The van der Waals surface area contributed by atoms with Crippen LogP contribution in [0, 0.1) is 0 Å². The Balaban J connectivity index is 2.35. The van der Waals surface area contributed by atoms with Crippen LogP contribution in [0.15, 0.2) is 41.5 Å². The van der Waals surface area contributed by atoms with Gasteiger partial charge in [0.25, 0.3) is 0 Å². The molecule has 1 aromatic rings. The Morgan fingerprint density at radius 1 is 1.38 bits per heavy atom. The van der Waals surface area contributed by atoms with E-state index in [0.29, 0.717) is 5.92 Å². The number of benzene rings is 1. The van der Waals surface area contributed by atoms with Gasteiger partial charge < -0.3 is 0 Å². The Bertz CT molecular complexity index is 389. The Kier molecular flexibility index (Phi) is 3.55. The third-order valence-electron chi connectivity index (χ3n) is 3.50. The molecule has 1 nitrogen and oxygen atoms in total. The summed E-state index contributed by atoms with van der Waals surface area (Å²) < 4.78 is 0. The summed E-state index contributed by atoms with van der Waals surface area (Å²) in [5, 5.41) is 0. The predicted molar refractivity (Wildman–Crippen MR) is 66.4 cm³/mol. The van der Waals surface area contributed by atoms with Crippen molar-refractivity contribution < 1.29 is 4.79 Å². The fourth-order valence-corrected chi connectivity index (χ4v) is 2.67. The summed E-state index contributed by atoms with van der Waals surface area (Å²) in [5.41, 5.74) is 3.76. The number of carbonyl (C=O) groups excluding carboxylic acids is 1. The summed E-state index contributed by atoms with van der Waals surface area (Å²) in [5.74, 6) is 0.487. The Morgan fingerprint density at radius 3 is 2.75 bits per heavy atom. The minimum absolute atomic E-state index is 0.487. The maximum absolute atomic E-state index is 11.0. The van der Waals surface area contributed by atoms with Crippen LogP contribution < -0.4 is 0 Å². The van der Waals surface area contributed by atoms with E-state index in [2.05, 4.69) is 31.2 Å². The third-order valence-corrected chi connectivity index (χ3v) is 3.50. The first-order valence-corrected chi connectivity index (χ1v) is 6.08. The highest BCUT2D eigenvalue weighted by atomic mass is 16.1. The van der Waals surface area contributed by atoms with Crippen molar-refractivity contribution in [2.75, 3.05) is 0 Å². The largest absolute Gasteiger partial charge is 0.298 e. The molecular weight excluding hydrogens is 196 g/mol. The minimum atomic E-state index is 0.487. The van der Waals surface area contributed by atoms with E-state index in [1.54, 1.807) is 0 Å². The second kappa shape index (κ2) is 5.11. The van der Waals surface area contributed by atoms with E-state index >= 15 is 0 Å². The monoisotopic (exact) mass is 214 g/mol. The molecule has 1 unspecified atom stereocenters. The molecule has 0 heterocycles. The average molecular weight is 214 g/mol. The molecule has 1 aliphatic carbocycles. The topological polar surface area (TPSA) is 17.1 Å². The molecule has 1 heteroatoms. The van der Waals surface area contributed by atoms with E-state index in [1.165, 1.54) is 24.0 Å². The highest BCUT2D eigenvalue weighted by Gasteiger charge is 2.24. The number of aldehydes is 1. The molecular formula is C15H18O. The first-order chi connectivity index (χ1) is 7.86. The molecule has 0 aliphatic heterocycles. The van der Waals surface area contributed by atoms with Crippen molar-refractivity contribution in [3.05, 3.63) is 47.0 Å². The fraction of sp³-hybridized carbons (Fsp3) is 0.400. The molecule has 84 valence electrons. The van der Waals surface area contributed by atoms with E-state index in [-0.39, 0.29) is 0 Å². The molecule has 1 aromatic carbocycles. The second-order valence-corrected chi connectivity index (χ2v) is 4.38. The maximum atomic E-state index is 11.0. The molecule has 2 rings (SSSR count). The van der Waals surface area contributed by atoms with Gasteiger partial charge in [0.1, 0.15) is 6.29 Å². The summed E-state index contributed by atoms with van der Waals surface area (Å²) in [6.07, 6.45) is 5.42. The summed E-state index contributed by atoms with van der Waals surface area (Å²) in [6, 6.07) is 10.6. The molecule has 0 amide bonds. The van der Waals surface area contributed by atoms with Gasteiger partial charge in [-0.15, -0.1) is 0 Å². The van der Waals surface area contributed by atoms with Gasteiger partial charge in [-0.25, -0.2) is 0 Å². The zero-order chi connectivity index (χ0) is 11.4. The van der Waals surface area contributed by atoms with Gasteiger partial charge >= 0.3 is 0 Å². The van der Waals surface area contributed by atoms with Crippen LogP contribution in [-0.4, -0.2) is 6.29 Å². The van der Waals surface area contributed by atoms with Crippen LogP contribution in [0.5, 0.6) is 0 Å². The smallest absolute Gasteiger partial charge is 0.145 e. The summed E-state index contributed by atoms with van der Waals surface area (Å²) >= 11 is 0. The quantitative estimate of drug-likeness (QED) is 0.551. The van der Waals surface area contributed by atoms with Gasteiger partial charge in [0.05, 0.1) is 0 Å². The average Bonchev–Trinajstić information content (AvgIpc) is 2.81. The SMILES string of the molecule is CC/C(C=O)=C1\CCCC1c1ccccc1. The van der Waals surface area contributed by atoms with Gasteiger partial charge in [0.2, 0.25) is 0 Å². The first kappa shape index (κ1) is 11.1. The van der Waals surface area contributed by atoms with Crippen molar-refractivity contribution in [2.24, 2.45) is 0 Å². The number of rotatable bonds is 3.